The van der Waals surface area contributed by atoms with Crippen LogP contribution in [0.5, 0.6) is 0 Å². The first-order chi connectivity index (χ1) is 5.87. The summed E-state index contributed by atoms with van der Waals surface area (Å²) in [5.41, 5.74) is -0.707. The minimum absolute atomic E-state index is 0.137. The Morgan fingerprint density at radius 2 is 2.08 bits per heavy atom. The van der Waals surface area contributed by atoms with Crippen LogP contribution in [0.1, 0.15) is 47.0 Å². The summed E-state index contributed by atoms with van der Waals surface area (Å²) in [4.78, 5) is 0. The second-order valence-electron chi connectivity index (χ2n) is 5.17. The monoisotopic (exact) mass is 186 g/mol. The minimum Gasteiger partial charge on any atom is -0.387 e. The van der Waals surface area contributed by atoms with Gasteiger partial charge in [0.1, 0.15) is 0 Å². The molecule has 0 aromatic carbocycles. The van der Waals surface area contributed by atoms with Gasteiger partial charge in [-0.25, -0.2) is 0 Å². The lowest BCUT2D eigenvalue weighted by Crippen LogP contribution is -2.32. The number of hydrogen-bond donors (Lipinski definition) is 1. The van der Waals surface area contributed by atoms with Crippen molar-refractivity contribution in [3.8, 4) is 0 Å². The molecule has 13 heavy (non-hydrogen) atoms. The zero-order chi connectivity index (χ0) is 10.1. The Morgan fingerprint density at radius 1 is 1.46 bits per heavy atom. The van der Waals surface area contributed by atoms with E-state index in [1.807, 2.05) is 13.8 Å². The van der Waals surface area contributed by atoms with Gasteiger partial charge in [-0.3, -0.25) is 0 Å². The van der Waals surface area contributed by atoms with Crippen LogP contribution in [0.15, 0.2) is 0 Å². The summed E-state index contributed by atoms with van der Waals surface area (Å²) in [6.45, 7) is 8.94. The second-order valence-corrected chi connectivity index (χ2v) is 5.17. The van der Waals surface area contributed by atoms with Crippen molar-refractivity contribution in [3.05, 3.63) is 0 Å². The normalized spacial score (nSPS) is 34.8. The highest BCUT2D eigenvalue weighted by Crippen LogP contribution is 2.36. The van der Waals surface area contributed by atoms with Crippen LogP contribution in [0.2, 0.25) is 0 Å². The van der Waals surface area contributed by atoms with E-state index in [1.54, 1.807) is 0 Å². The predicted octanol–water partition coefficient (Wildman–Crippen LogP) is 2.35. The fraction of sp³-hybridized carbons (Fsp3) is 1.00. The first-order valence-corrected chi connectivity index (χ1v) is 5.23. The summed E-state index contributed by atoms with van der Waals surface area (Å²) in [6.07, 6.45) is 2.76. The van der Waals surface area contributed by atoms with E-state index in [0.29, 0.717) is 12.5 Å². The molecule has 0 radical (unpaired) electrons. The third-order valence-electron chi connectivity index (χ3n) is 2.91. The Bertz CT molecular complexity index is 177. The molecule has 0 aliphatic carbocycles. The maximum Gasteiger partial charge on any atom is 0.0910 e. The van der Waals surface area contributed by atoms with Crippen LogP contribution in [-0.2, 0) is 4.74 Å². The molecule has 2 nitrogen and oxygen atoms in total. The first-order valence-electron chi connectivity index (χ1n) is 5.23. The van der Waals surface area contributed by atoms with Crippen LogP contribution in [0, 0.1) is 5.92 Å². The van der Waals surface area contributed by atoms with Crippen molar-refractivity contribution < 1.29 is 9.84 Å². The third kappa shape index (κ3) is 2.96. The van der Waals surface area contributed by atoms with Crippen molar-refractivity contribution in [2.45, 2.75) is 58.2 Å². The van der Waals surface area contributed by atoms with E-state index in [2.05, 4.69) is 13.8 Å². The van der Waals surface area contributed by atoms with Gasteiger partial charge in [-0.05, 0) is 26.2 Å². The molecule has 0 spiro atoms. The molecule has 0 aromatic rings. The average molecular weight is 186 g/mol. The summed E-state index contributed by atoms with van der Waals surface area (Å²) in [6, 6.07) is 0. The molecule has 78 valence electrons. The number of ether oxygens (including phenoxy) is 1. The molecule has 1 N–H and O–H groups in total. The summed E-state index contributed by atoms with van der Waals surface area (Å²) in [5.74, 6) is 0.586. The van der Waals surface area contributed by atoms with E-state index < -0.39 is 5.60 Å². The van der Waals surface area contributed by atoms with E-state index in [9.17, 15) is 5.11 Å². The third-order valence-corrected chi connectivity index (χ3v) is 2.91. The molecule has 1 aliphatic heterocycles. The highest BCUT2D eigenvalue weighted by molar-refractivity contribution is 4.93. The lowest BCUT2D eigenvalue weighted by Gasteiger charge is -2.25. The Kier molecular flexibility index (Phi) is 3.03. The molecule has 2 unspecified atom stereocenters. The van der Waals surface area contributed by atoms with E-state index in [1.165, 1.54) is 0 Å². The van der Waals surface area contributed by atoms with Crippen LogP contribution < -0.4 is 0 Å². The van der Waals surface area contributed by atoms with Gasteiger partial charge in [-0.1, -0.05) is 20.3 Å². The van der Waals surface area contributed by atoms with Crippen molar-refractivity contribution >= 4 is 0 Å². The van der Waals surface area contributed by atoms with E-state index in [-0.39, 0.29) is 5.60 Å². The van der Waals surface area contributed by atoms with Gasteiger partial charge in [0.2, 0.25) is 0 Å². The van der Waals surface area contributed by atoms with Gasteiger partial charge >= 0.3 is 0 Å². The van der Waals surface area contributed by atoms with Crippen molar-refractivity contribution in [2.75, 3.05) is 6.61 Å². The molecule has 0 saturated carbocycles. The summed E-state index contributed by atoms with van der Waals surface area (Å²) in [7, 11) is 0. The molecule has 0 bridgehead atoms. The van der Waals surface area contributed by atoms with E-state index >= 15 is 0 Å². The zero-order valence-corrected chi connectivity index (χ0v) is 9.26. The van der Waals surface area contributed by atoms with Gasteiger partial charge < -0.3 is 9.84 Å². The maximum absolute atomic E-state index is 10.2. The number of hydrogen-bond acceptors (Lipinski definition) is 2. The molecular weight excluding hydrogens is 164 g/mol. The van der Waals surface area contributed by atoms with Crippen molar-refractivity contribution in [3.63, 3.8) is 0 Å². The Hall–Kier alpha value is -0.0800. The Morgan fingerprint density at radius 3 is 2.46 bits per heavy atom. The highest BCUT2D eigenvalue weighted by atomic mass is 16.5. The lowest BCUT2D eigenvalue weighted by atomic mass is 9.85. The van der Waals surface area contributed by atoms with Crippen LogP contribution in [0.4, 0.5) is 0 Å². The lowest BCUT2D eigenvalue weighted by molar-refractivity contribution is -0.00556. The van der Waals surface area contributed by atoms with Crippen LogP contribution >= 0.6 is 0 Å². The highest BCUT2D eigenvalue weighted by Gasteiger charge is 2.43. The fourth-order valence-corrected chi connectivity index (χ4v) is 2.15. The average Bonchev–Trinajstić information content (AvgIpc) is 2.25. The molecule has 0 amide bonds. The molecule has 1 rings (SSSR count). The van der Waals surface area contributed by atoms with E-state index in [0.717, 1.165) is 19.3 Å². The van der Waals surface area contributed by atoms with Gasteiger partial charge in [0.15, 0.2) is 0 Å². The van der Waals surface area contributed by atoms with Gasteiger partial charge in [0, 0.05) is 6.42 Å². The quantitative estimate of drug-likeness (QED) is 0.733. The topological polar surface area (TPSA) is 29.5 Å². The van der Waals surface area contributed by atoms with Crippen molar-refractivity contribution in [1.29, 1.82) is 0 Å². The number of rotatable bonds is 3. The summed E-state index contributed by atoms with van der Waals surface area (Å²) in [5, 5.41) is 10.2. The molecule has 2 atom stereocenters. The predicted molar refractivity (Wildman–Crippen MR) is 53.7 cm³/mol. The van der Waals surface area contributed by atoms with Crippen molar-refractivity contribution in [2.24, 2.45) is 5.92 Å². The largest absolute Gasteiger partial charge is 0.387 e. The molecule has 1 saturated heterocycles. The first kappa shape index (κ1) is 11.0. The van der Waals surface area contributed by atoms with Crippen LogP contribution in [0.3, 0.4) is 0 Å². The SMILES string of the molecule is CCC(C)CC1(O)COC(C)(C)C1. The van der Waals surface area contributed by atoms with E-state index in [4.69, 9.17) is 4.74 Å². The minimum atomic E-state index is -0.571. The van der Waals surface area contributed by atoms with Crippen LogP contribution in [-0.4, -0.2) is 22.9 Å². The number of aliphatic hydroxyl groups is 1. The Balaban J connectivity index is 2.50. The van der Waals surface area contributed by atoms with Crippen LogP contribution in [0.25, 0.3) is 0 Å². The molecule has 2 heteroatoms. The molecule has 1 aliphatic rings. The summed E-state index contributed by atoms with van der Waals surface area (Å²) >= 11 is 0. The summed E-state index contributed by atoms with van der Waals surface area (Å²) < 4.78 is 5.55. The standard InChI is InChI=1S/C11H22O2/c1-5-9(2)6-11(12)7-10(3,4)13-8-11/h9,12H,5-8H2,1-4H3. The molecular formula is C11H22O2. The molecule has 1 heterocycles. The fourth-order valence-electron chi connectivity index (χ4n) is 2.15. The molecule has 0 aromatic heterocycles. The maximum atomic E-state index is 10.2. The van der Waals surface area contributed by atoms with Crippen molar-refractivity contribution in [1.82, 2.24) is 0 Å². The van der Waals surface area contributed by atoms with Gasteiger partial charge in [-0.2, -0.15) is 0 Å². The van der Waals surface area contributed by atoms with Gasteiger partial charge in [-0.15, -0.1) is 0 Å². The Labute approximate surface area is 81.3 Å². The van der Waals surface area contributed by atoms with Gasteiger partial charge in [0.05, 0.1) is 17.8 Å². The smallest absolute Gasteiger partial charge is 0.0910 e. The zero-order valence-electron chi connectivity index (χ0n) is 9.26. The molecule has 1 fully saturated rings. The second kappa shape index (κ2) is 3.58. The van der Waals surface area contributed by atoms with Gasteiger partial charge in [0.25, 0.3) is 0 Å².